The first-order valence-corrected chi connectivity index (χ1v) is 9.01. The summed E-state index contributed by atoms with van der Waals surface area (Å²) in [4.78, 5) is 35.6. The summed E-state index contributed by atoms with van der Waals surface area (Å²) in [5, 5.41) is 1.02. The summed E-state index contributed by atoms with van der Waals surface area (Å²) >= 11 is 13.5. The molecule has 0 atom stereocenters. The van der Waals surface area contributed by atoms with Gasteiger partial charge in [-0.1, -0.05) is 54.9 Å². The lowest BCUT2D eigenvalue weighted by Gasteiger charge is -2.09. The summed E-state index contributed by atoms with van der Waals surface area (Å²) in [6.07, 6.45) is 3.16. The van der Waals surface area contributed by atoms with Crippen molar-refractivity contribution in [2.45, 2.75) is 19.0 Å². The van der Waals surface area contributed by atoms with Gasteiger partial charge in [0.25, 0.3) is 5.56 Å². The number of rotatable bonds is 2. The van der Waals surface area contributed by atoms with Crippen LogP contribution in [0, 0.1) is 0 Å². The first-order valence-electron chi connectivity index (χ1n) is 7.03. The van der Waals surface area contributed by atoms with Crippen molar-refractivity contribution in [3.05, 3.63) is 55.3 Å². The maximum Gasteiger partial charge on any atom is 0.334 e. The summed E-state index contributed by atoms with van der Waals surface area (Å²) in [6, 6.07) is 4.72. The number of fused-ring (bicyclic) bond motifs is 1. The van der Waals surface area contributed by atoms with Gasteiger partial charge in [0.05, 0.1) is 15.7 Å². The van der Waals surface area contributed by atoms with Gasteiger partial charge in [0.15, 0.2) is 10.8 Å². The lowest BCUT2D eigenvalue weighted by molar-refractivity contribution is 0.878. The molecule has 1 N–H and O–H groups in total. The summed E-state index contributed by atoms with van der Waals surface area (Å²) in [5.74, 6) is 0. The highest BCUT2D eigenvalue weighted by Gasteiger charge is 2.16. The zero-order valence-electron chi connectivity index (χ0n) is 13.1. The van der Waals surface area contributed by atoms with Crippen LogP contribution in [0.25, 0.3) is 16.7 Å². The van der Waals surface area contributed by atoms with Crippen LogP contribution in [0.3, 0.4) is 0 Å². The van der Waals surface area contributed by atoms with E-state index in [4.69, 9.17) is 23.2 Å². The number of halogens is 2. The van der Waals surface area contributed by atoms with Crippen LogP contribution in [0.1, 0.15) is 13.8 Å². The van der Waals surface area contributed by atoms with Crippen LogP contribution in [-0.4, -0.2) is 25.8 Å². The van der Waals surface area contributed by atoms with Gasteiger partial charge in [0.1, 0.15) is 5.39 Å². The standard InChI is InChI=1S/C13H8Cl2N4O2S.C2H6/c1-22-12-16-5-6-10(17-12)18-13(21)19(11(6)20)9-7(14)3-2-4-8(9)15;1-2/h2-5H,1H3,(H,16,17,18,21);1-2H3. The molecule has 3 aromatic rings. The lowest BCUT2D eigenvalue weighted by Crippen LogP contribution is -2.34. The Balaban J connectivity index is 0.00000100. The number of aromatic nitrogens is 4. The molecule has 1 aromatic carbocycles. The number of para-hydroxylation sites is 1. The van der Waals surface area contributed by atoms with E-state index in [1.165, 1.54) is 18.0 Å². The fourth-order valence-corrected chi connectivity index (χ4v) is 2.90. The highest BCUT2D eigenvalue weighted by Crippen LogP contribution is 2.26. The second kappa shape index (κ2) is 7.83. The predicted octanol–water partition coefficient (Wildman–Crippen LogP) is 3.52. The van der Waals surface area contributed by atoms with Crippen molar-refractivity contribution in [1.29, 1.82) is 0 Å². The fourth-order valence-electron chi connectivity index (χ4n) is 1.99. The van der Waals surface area contributed by atoms with Crippen molar-refractivity contribution >= 4 is 46.0 Å². The molecule has 2 heterocycles. The molecule has 0 bridgehead atoms. The number of hydrogen-bond donors (Lipinski definition) is 1. The first kappa shape index (κ1) is 18.5. The van der Waals surface area contributed by atoms with Crippen molar-refractivity contribution < 1.29 is 0 Å². The third-order valence-electron chi connectivity index (χ3n) is 2.97. The minimum atomic E-state index is -0.668. The highest BCUT2D eigenvalue weighted by molar-refractivity contribution is 7.98. The fraction of sp³-hybridized carbons (Fsp3) is 0.200. The monoisotopic (exact) mass is 384 g/mol. The van der Waals surface area contributed by atoms with Crippen molar-refractivity contribution in [3.8, 4) is 5.69 Å². The van der Waals surface area contributed by atoms with Gasteiger partial charge in [-0.3, -0.25) is 9.78 Å². The molecule has 6 nitrogen and oxygen atoms in total. The third kappa shape index (κ3) is 3.33. The van der Waals surface area contributed by atoms with E-state index in [0.717, 1.165) is 4.57 Å². The Hall–Kier alpha value is -1.83. The van der Waals surface area contributed by atoms with E-state index in [1.807, 2.05) is 13.8 Å². The zero-order chi connectivity index (χ0) is 17.9. The summed E-state index contributed by atoms with van der Waals surface area (Å²) in [7, 11) is 0. The van der Waals surface area contributed by atoms with Gasteiger partial charge >= 0.3 is 5.69 Å². The van der Waals surface area contributed by atoms with Crippen LogP contribution in [0.2, 0.25) is 10.0 Å². The van der Waals surface area contributed by atoms with Crippen molar-refractivity contribution in [3.63, 3.8) is 0 Å². The molecule has 0 aliphatic rings. The molecule has 3 rings (SSSR count). The zero-order valence-corrected chi connectivity index (χ0v) is 15.5. The van der Waals surface area contributed by atoms with E-state index in [-0.39, 0.29) is 26.8 Å². The first-order chi connectivity index (χ1) is 11.5. The molecule has 0 spiro atoms. The molecule has 0 saturated carbocycles. The van der Waals surface area contributed by atoms with E-state index < -0.39 is 11.2 Å². The number of aromatic amines is 1. The molecule has 0 unspecified atom stereocenters. The van der Waals surface area contributed by atoms with Gasteiger partial charge in [-0.15, -0.1) is 0 Å². The van der Waals surface area contributed by atoms with Crippen molar-refractivity contribution in [2.24, 2.45) is 0 Å². The van der Waals surface area contributed by atoms with Crippen LogP contribution in [0.15, 0.2) is 39.1 Å². The molecule has 0 radical (unpaired) electrons. The van der Waals surface area contributed by atoms with E-state index in [0.29, 0.717) is 5.16 Å². The normalized spacial score (nSPS) is 10.4. The second-order valence-corrected chi connectivity index (χ2v) is 5.85. The predicted molar refractivity (Wildman–Crippen MR) is 98.9 cm³/mol. The van der Waals surface area contributed by atoms with Crippen molar-refractivity contribution in [2.75, 3.05) is 6.26 Å². The molecule has 0 aliphatic carbocycles. The van der Waals surface area contributed by atoms with Crippen LogP contribution in [0.4, 0.5) is 0 Å². The van der Waals surface area contributed by atoms with E-state index in [9.17, 15) is 9.59 Å². The Morgan fingerprint density at radius 1 is 1.17 bits per heavy atom. The summed E-state index contributed by atoms with van der Waals surface area (Å²) in [5.41, 5.74) is -0.943. The Labute approximate surface area is 151 Å². The Morgan fingerprint density at radius 3 is 2.38 bits per heavy atom. The third-order valence-corrected chi connectivity index (χ3v) is 4.14. The maximum absolute atomic E-state index is 12.6. The van der Waals surface area contributed by atoms with Crippen LogP contribution >= 0.6 is 35.0 Å². The number of benzene rings is 1. The lowest BCUT2D eigenvalue weighted by atomic mass is 10.3. The molecule has 0 amide bonds. The van der Waals surface area contributed by atoms with Crippen LogP contribution < -0.4 is 11.2 Å². The van der Waals surface area contributed by atoms with Gasteiger partial charge in [-0.05, 0) is 18.4 Å². The van der Waals surface area contributed by atoms with E-state index in [1.54, 1.807) is 24.5 Å². The number of hydrogen-bond acceptors (Lipinski definition) is 5. The maximum atomic E-state index is 12.6. The van der Waals surface area contributed by atoms with Gasteiger partial charge in [-0.25, -0.2) is 19.3 Å². The Morgan fingerprint density at radius 2 is 1.79 bits per heavy atom. The van der Waals surface area contributed by atoms with Gasteiger partial charge in [0, 0.05) is 6.20 Å². The molecule has 24 heavy (non-hydrogen) atoms. The smallest absolute Gasteiger partial charge is 0.291 e. The quantitative estimate of drug-likeness (QED) is 0.539. The Bertz CT molecular complexity index is 981. The van der Waals surface area contributed by atoms with Gasteiger partial charge in [0.2, 0.25) is 0 Å². The summed E-state index contributed by atoms with van der Waals surface area (Å²) in [6.45, 7) is 4.00. The number of nitrogens with zero attached hydrogens (tertiary/aromatic N) is 3. The molecule has 0 fully saturated rings. The second-order valence-electron chi connectivity index (χ2n) is 4.26. The molecule has 2 aromatic heterocycles. The molecule has 0 aliphatic heterocycles. The number of H-pyrrole nitrogens is 1. The largest absolute Gasteiger partial charge is 0.334 e. The van der Waals surface area contributed by atoms with Gasteiger partial charge < -0.3 is 0 Å². The van der Waals surface area contributed by atoms with Crippen LogP contribution in [0.5, 0.6) is 0 Å². The van der Waals surface area contributed by atoms with Gasteiger partial charge in [-0.2, -0.15) is 0 Å². The SMILES string of the molecule is CC.CSc1ncc2c(=O)n(-c3c(Cl)cccc3Cl)c(=O)[nH]c2n1. The number of nitrogens with one attached hydrogen (secondary N) is 1. The topological polar surface area (TPSA) is 80.6 Å². The van der Waals surface area contributed by atoms with Crippen LogP contribution in [-0.2, 0) is 0 Å². The van der Waals surface area contributed by atoms with E-state index >= 15 is 0 Å². The minimum Gasteiger partial charge on any atom is -0.291 e. The highest BCUT2D eigenvalue weighted by atomic mass is 35.5. The van der Waals surface area contributed by atoms with E-state index in [2.05, 4.69) is 15.0 Å². The molecule has 126 valence electrons. The average molecular weight is 385 g/mol. The molecule has 0 saturated heterocycles. The average Bonchev–Trinajstić information content (AvgIpc) is 2.58. The molecule has 9 heteroatoms. The van der Waals surface area contributed by atoms with Crippen molar-refractivity contribution in [1.82, 2.24) is 19.5 Å². The molecular weight excluding hydrogens is 371 g/mol. The molecular formula is C15H14Cl2N4O2S. The minimum absolute atomic E-state index is 0.132. The summed E-state index contributed by atoms with van der Waals surface area (Å²) < 4.78 is 0.884. The number of thioether (sulfide) groups is 1. The Kier molecular flexibility index (Phi) is 6.04.